The van der Waals surface area contributed by atoms with Crippen LogP contribution >= 0.6 is 11.6 Å². The molecule has 2 radical (unpaired) electrons. The monoisotopic (exact) mass is 325 g/mol. The summed E-state index contributed by atoms with van der Waals surface area (Å²) >= 11 is 8.66. The molecule has 1 fully saturated rings. The number of hydrogen-bond acceptors (Lipinski definition) is 4. The molecule has 1 aliphatic rings. The first-order valence-electron chi connectivity index (χ1n) is 7.24. The van der Waals surface area contributed by atoms with Crippen LogP contribution in [0.4, 0.5) is 5.82 Å². The van der Waals surface area contributed by atoms with E-state index in [1.807, 2.05) is 28.8 Å². The summed E-state index contributed by atoms with van der Waals surface area (Å²) in [5.74, 6) is 0.930. The smallest absolute Gasteiger partial charge is 0.241 e. The third-order valence-electron chi connectivity index (χ3n) is 3.94. The van der Waals surface area contributed by atoms with E-state index in [9.17, 15) is 0 Å². The number of rotatable bonds is 2. The van der Waals surface area contributed by atoms with Gasteiger partial charge in [0.25, 0.3) is 0 Å². The zero-order valence-corrected chi connectivity index (χ0v) is 13.8. The molecule has 7 heteroatoms. The fraction of sp³-hybridized carbons (Fsp3) is 0.267. The van der Waals surface area contributed by atoms with Gasteiger partial charge in [-0.1, -0.05) is 11.6 Å². The Morgan fingerprint density at radius 3 is 2.50 bits per heavy atom. The van der Waals surface area contributed by atoms with Crippen molar-refractivity contribution in [1.82, 2.24) is 19.5 Å². The van der Waals surface area contributed by atoms with Crippen LogP contribution < -0.4 is 9.59 Å². The van der Waals surface area contributed by atoms with Crippen LogP contribution in [0.2, 0.25) is 5.02 Å². The summed E-state index contributed by atoms with van der Waals surface area (Å²) in [4.78, 5) is 15.9. The van der Waals surface area contributed by atoms with Crippen molar-refractivity contribution in [2.75, 3.05) is 18.0 Å². The van der Waals surface area contributed by atoms with E-state index < -0.39 is 0 Å². The summed E-state index contributed by atoms with van der Waals surface area (Å²) in [6.45, 7) is 2.07. The van der Waals surface area contributed by atoms with Crippen LogP contribution in [0.3, 0.4) is 0 Å². The molecule has 0 N–H and O–H groups in total. The average molecular weight is 326 g/mol. The van der Waals surface area contributed by atoms with Gasteiger partial charge < -0.3 is 4.90 Å². The summed E-state index contributed by atoms with van der Waals surface area (Å²) in [6, 6.07) is 7.67. The number of imidazole rings is 1. The molecule has 0 amide bonds. The van der Waals surface area contributed by atoms with Crippen LogP contribution in [-0.2, 0) is 0 Å². The second-order valence-electron chi connectivity index (χ2n) is 5.35. The molecule has 22 heavy (non-hydrogen) atoms. The Balaban J connectivity index is 1.91. The van der Waals surface area contributed by atoms with Gasteiger partial charge in [0.1, 0.15) is 11.8 Å². The number of halogens is 1. The van der Waals surface area contributed by atoms with Gasteiger partial charge in [0, 0.05) is 28.5 Å². The third-order valence-corrected chi connectivity index (χ3v) is 4.58. The van der Waals surface area contributed by atoms with Gasteiger partial charge >= 0.3 is 0 Å². The summed E-state index contributed by atoms with van der Waals surface area (Å²) < 4.78 is 2.83. The van der Waals surface area contributed by atoms with Gasteiger partial charge in [-0.3, -0.25) is 4.57 Å². The first kappa shape index (κ1) is 14.0. The normalized spacial score (nSPS) is 14.9. The molecule has 1 saturated heterocycles. The Labute approximate surface area is 141 Å². The van der Waals surface area contributed by atoms with Crippen molar-refractivity contribution in [3.63, 3.8) is 0 Å². The van der Waals surface area contributed by atoms with Gasteiger partial charge in [0.05, 0.1) is 0 Å². The minimum absolute atomic E-state index is 0.714. The van der Waals surface area contributed by atoms with E-state index in [0.717, 1.165) is 40.4 Å². The standard InChI is InChI=1S/C15H13ClN5.Al/c16-11-3-5-12(6-4-11)21-10-19-13-14(17-9-18-15(13)21)20-7-1-2-8-20;/h3-6,9H,1-2,7-8H2;. The lowest BCUT2D eigenvalue weighted by Crippen LogP contribution is -2.19. The summed E-state index contributed by atoms with van der Waals surface area (Å²) in [7, 11) is 0. The molecule has 108 valence electrons. The SMILES string of the molecule is [Al][c]1nc2c(N3CCCC3)ncnc2n1-c1ccc(Cl)cc1. The lowest BCUT2D eigenvalue weighted by atomic mass is 10.3. The summed E-state index contributed by atoms with van der Waals surface area (Å²) in [6.07, 6.45) is 4.03. The number of nitrogens with zero attached hydrogens (tertiary/aromatic N) is 5. The van der Waals surface area contributed by atoms with E-state index in [4.69, 9.17) is 11.6 Å². The van der Waals surface area contributed by atoms with Crippen LogP contribution in [-0.4, -0.2) is 48.9 Å². The third kappa shape index (κ3) is 2.28. The van der Waals surface area contributed by atoms with Crippen molar-refractivity contribution in [3.05, 3.63) is 35.6 Å². The van der Waals surface area contributed by atoms with Crippen molar-refractivity contribution >= 4 is 49.6 Å². The number of hydrogen-bond donors (Lipinski definition) is 0. The fourth-order valence-electron chi connectivity index (χ4n) is 2.90. The first-order valence-corrected chi connectivity index (χ1v) is 8.19. The molecule has 0 unspecified atom stereocenters. The molecule has 5 nitrogen and oxygen atoms in total. The topological polar surface area (TPSA) is 46.8 Å². The van der Waals surface area contributed by atoms with Gasteiger partial charge in [0.15, 0.2) is 11.5 Å². The van der Waals surface area contributed by atoms with E-state index in [1.54, 1.807) is 6.33 Å². The van der Waals surface area contributed by atoms with Gasteiger partial charge in [-0.2, -0.15) is 0 Å². The van der Waals surface area contributed by atoms with E-state index in [-0.39, 0.29) is 0 Å². The van der Waals surface area contributed by atoms with Crippen molar-refractivity contribution in [1.29, 1.82) is 0 Å². The fourth-order valence-corrected chi connectivity index (χ4v) is 3.43. The number of anilines is 1. The molecule has 0 spiro atoms. The van der Waals surface area contributed by atoms with Crippen LogP contribution in [0.15, 0.2) is 30.6 Å². The molecule has 3 aromatic rings. The highest BCUT2D eigenvalue weighted by Crippen LogP contribution is 2.25. The van der Waals surface area contributed by atoms with Crippen LogP contribution in [0.25, 0.3) is 16.9 Å². The predicted molar refractivity (Wildman–Crippen MR) is 88.5 cm³/mol. The summed E-state index contributed by atoms with van der Waals surface area (Å²) in [5, 5.41) is 0.714. The second-order valence-corrected chi connectivity index (χ2v) is 6.30. The molecule has 1 aromatic carbocycles. The van der Waals surface area contributed by atoms with E-state index >= 15 is 0 Å². The Kier molecular flexibility index (Phi) is 3.53. The maximum Gasteiger partial charge on any atom is 0.241 e. The van der Waals surface area contributed by atoms with E-state index in [1.165, 1.54) is 12.8 Å². The zero-order valence-electron chi connectivity index (χ0n) is 11.9. The molecule has 2 aromatic heterocycles. The Hall–Kier alpha value is -1.61. The van der Waals surface area contributed by atoms with Crippen molar-refractivity contribution in [3.8, 4) is 5.69 Å². The van der Waals surface area contributed by atoms with E-state index in [2.05, 4.69) is 36.1 Å². The number of benzene rings is 1. The first-order chi connectivity index (χ1) is 10.7. The van der Waals surface area contributed by atoms with Crippen molar-refractivity contribution in [2.24, 2.45) is 0 Å². The summed E-state index contributed by atoms with van der Waals surface area (Å²) in [5.41, 5.74) is 2.66. The van der Waals surface area contributed by atoms with Crippen LogP contribution in [0, 0.1) is 0 Å². The lowest BCUT2D eigenvalue weighted by molar-refractivity contribution is 0.935. The average Bonchev–Trinajstić information content (AvgIpc) is 3.15. The highest BCUT2D eigenvalue weighted by atomic mass is 35.5. The lowest BCUT2D eigenvalue weighted by Gasteiger charge is -2.16. The second kappa shape index (κ2) is 5.55. The zero-order chi connectivity index (χ0) is 15.1. The predicted octanol–water partition coefficient (Wildman–Crippen LogP) is 1.86. The Morgan fingerprint density at radius 1 is 1.05 bits per heavy atom. The molecule has 0 saturated carbocycles. The molecule has 0 bridgehead atoms. The largest absolute Gasteiger partial charge is 0.355 e. The molecule has 1 aliphatic heterocycles. The Morgan fingerprint density at radius 2 is 1.77 bits per heavy atom. The van der Waals surface area contributed by atoms with Gasteiger partial charge in [-0.15, -0.1) is 0 Å². The highest BCUT2D eigenvalue weighted by molar-refractivity contribution is 6.31. The minimum atomic E-state index is 0.714. The maximum absolute atomic E-state index is 5.98. The molecule has 4 rings (SSSR count). The van der Waals surface area contributed by atoms with Crippen molar-refractivity contribution in [2.45, 2.75) is 12.8 Å². The highest BCUT2D eigenvalue weighted by Gasteiger charge is 2.20. The van der Waals surface area contributed by atoms with Gasteiger partial charge in [-0.25, -0.2) is 15.0 Å². The minimum Gasteiger partial charge on any atom is -0.355 e. The number of fused-ring (bicyclic) bond motifs is 1. The molecule has 3 heterocycles. The molecular weight excluding hydrogens is 313 g/mol. The van der Waals surface area contributed by atoms with Crippen LogP contribution in [0.1, 0.15) is 12.8 Å². The molecular formula is C15H13AlClN5. The van der Waals surface area contributed by atoms with Gasteiger partial charge in [0.2, 0.25) is 16.3 Å². The van der Waals surface area contributed by atoms with Crippen molar-refractivity contribution < 1.29 is 0 Å². The Bertz CT molecular complexity index is 824. The van der Waals surface area contributed by atoms with Crippen LogP contribution in [0.5, 0.6) is 0 Å². The maximum atomic E-state index is 5.98. The van der Waals surface area contributed by atoms with E-state index in [0.29, 0.717) is 5.02 Å². The molecule has 0 aliphatic carbocycles. The quantitative estimate of drug-likeness (QED) is 0.675. The molecule has 0 atom stereocenters. The van der Waals surface area contributed by atoms with Gasteiger partial charge in [-0.05, 0) is 37.1 Å². The number of aromatic nitrogens is 4.